The lowest BCUT2D eigenvalue weighted by Crippen LogP contribution is -2.31. The molecule has 0 aliphatic carbocycles. The highest BCUT2D eigenvalue weighted by atomic mass is 16.5. The summed E-state index contributed by atoms with van der Waals surface area (Å²) in [4.78, 5) is 2.49. The molecule has 3 nitrogen and oxygen atoms in total. The molecule has 1 aromatic rings. The maximum atomic E-state index is 6.06. The minimum atomic E-state index is 0.805. The highest BCUT2D eigenvalue weighted by Crippen LogP contribution is 2.11. The first kappa shape index (κ1) is 46.1. The first-order valence-corrected chi connectivity index (χ1v) is 21.4. The van der Waals surface area contributed by atoms with Gasteiger partial charge in [0.25, 0.3) is 0 Å². The molecule has 0 fully saturated rings. The molecular formula is C47H81NO2. The summed E-state index contributed by atoms with van der Waals surface area (Å²) >= 11 is 0. The van der Waals surface area contributed by atoms with Crippen molar-refractivity contribution in [2.45, 2.75) is 174 Å². The van der Waals surface area contributed by atoms with Crippen LogP contribution in [0.5, 0.6) is 0 Å². The SMILES string of the molecule is CCCCCC=CCC=CCCCCCCCCOCCN(CCOCCCCCCCCC=CCC=CCCCCC)Cc1ccccc1. The van der Waals surface area contributed by atoms with E-state index in [0.717, 1.165) is 58.9 Å². The van der Waals surface area contributed by atoms with E-state index in [1.165, 1.54) is 147 Å². The van der Waals surface area contributed by atoms with Crippen molar-refractivity contribution >= 4 is 0 Å². The van der Waals surface area contributed by atoms with Gasteiger partial charge in [0.05, 0.1) is 13.2 Å². The molecule has 286 valence electrons. The molecule has 0 unspecified atom stereocenters. The van der Waals surface area contributed by atoms with E-state index in [-0.39, 0.29) is 0 Å². The summed E-state index contributed by atoms with van der Waals surface area (Å²) in [5.41, 5.74) is 1.36. The van der Waals surface area contributed by atoms with Gasteiger partial charge in [-0.05, 0) is 82.6 Å². The lowest BCUT2D eigenvalue weighted by molar-refractivity contribution is 0.0692. The molecule has 0 aliphatic rings. The monoisotopic (exact) mass is 692 g/mol. The van der Waals surface area contributed by atoms with Crippen LogP contribution >= 0.6 is 0 Å². The van der Waals surface area contributed by atoms with Crippen molar-refractivity contribution in [1.29, 1.82) is 0 Å². The molecule has 3 heteroatoms. The third-order valence-corrected chi connectivity index (χ3v) is 9.33. The quantitative estimate of drug-likeness (QED) is 0.0509. The third kappa shape index (κ3) is 34.5. The molecule has 0 saturated carbocycles. The van der Waals surface area contributed by atoms with Crippen LogP contribution < -0.4 is 0 Å². The summed E-state index contributed by atoms with van der Waals surface area (Å²) in [5, 5.41) is 0. The summed E-state index contributed by atoms with van der Waals surface area (Å²) in [5.74, 6) is 0. The number of allylic oxidation sites excluding steroid dienone is 8. The fourth-order valence-corrected chi connectivity index (χ4v) is 6.09. The van der Waals surface area contributed by atoms with Gasteiger partial charge in [0.15, 0.2) is 0 Å². The van der Waals surface area contributed by atoms with E-state index >= 15 is 0 Å². The first-order valence-electron chi connectivity index (χ1n) is 21.4. The van der Waals surface area contributed by atoms with Crippen LogP contribution in [0.1, 0.15) is 174 Å². The van der Waals surface area contributed by atoms with Gasteiger partial charge in [0, 0.05) is 32.8 Å². The van der Waals surface area contributed by atoms with E-state index in [1.54, 1.807) is 0 Å². The average Bonchev–Trinajstić information content (AvgIpc) is 3.13. The van der Waals surface area contributed by atoms with E-state index in [4.69, 9.17) is 9.47 Å². The molecular weight excluding hydrogens is 611 g/mol. The van der Waals surface area contributed by atoms with Crippen LogP contribution in [0.25, 0.3) is 0 Å². The molecule has 50 heavy (non-hydrogen) atoms. The molecule has 0 aliphatic heterocycles. The van der Waals surface area contributed by atoms with E-state index in [9.17, 15) is 0 Å². The normalized spacial score (nSPS) is 12.3. The van der Waals surface area contributed by atoms with Gasteiger partial charge in [-0.25, -0.2) is 0 Å². The van der Waals surface area contributed by atoms with Crippen LogP contribution in [0.3, 0.4) is 0 Å². The third-order valence-electron chi connectivity index (χ3n) is 9.33. The van der Waals surface area contributed by atoms with Gasteiger partial charge < -0.3 is 9.47 Å². The topological polar surface area (TPSA) is 21.7 Å². The van der Waals surface area contributed by atoms with Crippen molar-refractivity contribution < 1.29 is 9.47 Å². The van der Waals surface area contributed by atoms with Crippen molar-refractivity contribution in [2.24, 2.45) is 0 Å². The van der Waals surface area contributed by atoms with Crippen molar-refractivity contribution in [3.8, 4) is 0 Å². The zero-order chi connectivity index (χ0) is 35.7. The summed E-state index contributed by atoms with van der Waals surface area (Å²) in [7, 11) is 0. The maximum absolute atomic E-state index is 6.06. The van der Waals surface area contributed by atoms with Gasteiger partial charge in [-0.3, -0.25) is 4.90 Å². The van der Waals surface area contributed by atoms with Gasteiger partial charge in [-0.2, -0.15) is 0 Å². The molecule has 0 heterocycles. The second kappa shape index (κ2) is 39.8. The minimum Gasteiger partial charge on any atom is -0.380 e. The minimum absolute atomic E-state index is 0.805. The highest BCUT2D eigenvalue weighted by Gasteiger charge is 2.06. The Bertz CT molecular complexity index is 851. The highest BCUT2D eigenvalue weighted by molar-refractivity contribution is 5.14. The molecule has 1 rings (SSSR count). The summed E-state index contributed by atoms with van der Waals surface area (Å²) < 4.78 is 12.1. The predicted octanol–water partition coefficient (Wildman–Crippen LogP) is 14.1. The Hall–Kier alpha value is -1.94. The molecule has 0 atom stereocenters. The number of nitrogens with zero attached hydrogens (tertiary/aromatic N) is 1. The lowest BCUT2D eigenvalue weighted by Gasteiger charge is -2.22. The van der Waals surface area contributed by atoms with Crippen LogP contribution in [-0.4, -0.2) is 44.4 Å². The molecule has 0 amide bonds. The van der Waals surface area contributed by atoms with Crippen molar-refractivity contribution in [3.05, 3.63) is 84.5 Å². The Balaban J connectivity index is 2.00. The van der Waals surface area contributed by atoms with Crippen LogP contribution in [-0.2, 0) is 16.0 Å². The van der Waals surface area contributed by atoms with Gasteiger partial charge in [-0.15, -0.1) is 0 Å². The number of ether oxygens (including phenoxy) is 2. The molecule has 0 N–H and O–H groups in total. The van der Waals surface area contributed by atoms with E-state index in [1.807, 2.05) is 0 Å². The number of rotatable bonds is 38. The summed E-state index contributed by atoms with van der Waals surface area (Å²) in [6, 6.07) is 10.8. The fraction of sp³-hybridized carbons (Fsp3) is 0.702. The van der Waals surface area contributed by atoms with Crippen molar-refractivity contribution in [3.63, 3.8) is 0 Å². The number of benzene rings is 1. The van der Waals surface area contributed by atoms with Gasteiger partial charge in [0.2, 0.25) is 0 Å². The van der Waals surface area contributed by atoms with Gasteiger partial charge >= 0.3 is 0 Å². The smallest absolute Gasteiger partial charge is 0.0593 e. The van der Waals surface area contributed by atoms with Crippen LogP contribution in [0.2, 0.25) is 0 Å². The Kier molecular flexibility index (Phi) is 36.7. The Morgan fingerprint density at radius 2 is 0.800 bits per heavy atom. The number of hydrogen-bond acceptors (Lipinski definition) is 3. The van der Waals surface area contributed by atoms with Gasteiger partial charge in [-0.1, -0.05) is 170 Å². The van der Waals surface area contributed by atoms with E-state index < -0.39 is 0 Å². The first-order chi connectivity index (χ1) is 24.9. The van der Waals surface area contributed by atoms with Crippen LogP contribution in [0.15, 0.2) is 78.9 Å². The second-order valence-corrected chi connectivity index (χ2v) is 14.2. The second-order valence-electron chi connectivity index (χ2n) is 14.2. The maximum Gasteiger partial charge on any atom is 0.0593 e. The zero-order valence-electron chi connectivity index (χ0n) is 33.2. The number of unbranched alkanes of at least 4 members (excludes halogenated alkanes) is 18. The average molecular weight is 692 g/mol. The Morgan fingerprint density at radius 1 is 0.420 bits per heavy atom. The van der Waals surface area contributed by atoms with Crippen LogP contribution in [0.4, 0.5) is 0 Å². The summed E-state index contributed by atoms with van der Waals surface area (Å²) in [6.07, 6.45) is 49.6. The Morgan fingerprint density at radius 3 is 1.22 bits per heavy atom. The molecule has 0 spiro atoms. The lowest BCUT2D eigenvalue weighted by atomic mass is 10.1. The predicted molar refractivity (Wildman–Crippen MR) is 222 cm³/mol. The standard InChI is InChI=1S/C47H81NO2/c1-3-5-7-9-11-13-15-17-19-21-23-25-27-29-31-36-42-49-44-40-48(46-47-38-34-33-35-39-47)41-45-50-43-37-32-30-28-26-24-22-20-18-16-14-12-10-8-6-4-2/h11-14,17-20,33-35,38-39H,3-10,15-16,21-32,36-37,40-46H2,1-2H3. The van der Waals surface area contributed by atoms with E-state index in [0.29, 0.717) is 0 Å². The Labute approximate surface area is 312 Å². The molecule has 0 radical (unpaired) electrons. The molecule has 0 saturated heterocycles. The zero-order valence-corrected chi connectivity index (χ0v) is 33.2. The number of hydrogen-bond donors (Lipinski definition) is 0. The largest absolute Gasteiger partial charge is 0.380 e. The molecule has 0 aromatic heterocycles. The summed E-state index contributed by atoms with van der Waals surface area (Å²) in [6.45, 7) is 10.8. The van der Waals surface area contributed by atoms with Crippen molar-refractivity contribution in [1.82, 2.24) is 4.90 Å². The fourth-order valence-electron chi connectivity index (χ4n) is 6.09. The molecule has 0 bridgehead atoms. The van der Waals surface area contributed by atoms with E-state index in [2.05, 4.69) is 97.7 Å². The van der Waals surface area contributed by atoms with Crippen LogP contribution in [0, 0.1) is 0 Å². The van der Waals surface area contributed by atoms with Gasteiger partial charge in [0.1, 0.15) is 0 Å². The van der Waals surface area contributed by atoms with Crippen molar-refractivity contribution in [2.75, 3.05) is 39.5 Å². The molecule has 1 aromatic carbocycles.